The normalized spacial score (nSPS) is 16.8. The SMILES string of the molecule is O=Cc1ccc(C2CC2)c2nc3n(c12)CCCN3c1ccc(Cl)cc1Cl. The first kappa shape index (κ1) is 16.2. The third-order valence-electron chi connectivity index (χ3n) is 5.29. The van der Waals surface area contributed by atoms with Gasteiger partial charge in [0.15, 0.2) is 6.29 Å². The van der Waals surface area contributed by atoms with Gasteiger partial charge in [0.1, 0.15) is 0 Å². The number of anilines is 2. The number of aromatic nitrogens is 2. The zero-order valence-corrected chi connectivity index (χ0v) is 15.6. The Kier molecular flexibility index (Phi) is 3.73. The van der Waals surface area contributed by atoms with Gasteiger partial charge in [-0.3, -0.25) is 4.79 Å². The Labute approximate surface area is 161 Å². The second kappa shape index (κ2) is 6.00. The third-order valence-corrected chi connectivity index (χ3v) is 5.82. The van der Waals surface area contributed by atoms with E-state index in [1.165, 1.54) is 18.4 Å². The fourth-order valence-corrected chi connectivity index (χ4v) is 4.43. The second-order valence-corrected chi connectivity index (χ2v) is 7.84. The van der Waals surface area contributed by atoms with Crippen LogP contribution >= 0.6 is 23.2 Å². The maximum absolute atomic E-state index is 11.7. The number of fused-ring (bicyclic) bond motifs is 3. The van der Waals surface area contributed by atoms with Crippen LogP contribution in [0.5, 0.6) is 0 Å². The summed E-state index contributed by atoms with van der Waals surface area (Å²) in [6.07, 6.45) is 4.29. The number of hydrogen-bond donors (Lipinski definition) is 0. The summed E-state index contributed by atoms with van der Waals surface area (Å²) in [6, 6.07) is 9.54. The Balaban J connectivity index is 1.75. The predicted molar refractivity (Wildman–Crippen MR) is 105 cm³/mol. The predicted octanol–water partition coefficient (Wildman–Crippen LogP) is 5.57. The first-order chi connectivity index (χ1) is 12.7. The highest BCUT2D eigenvalue weighted by Crippen LogP contribution is 2.45. The number of aryl methyl sites for hydroxylation is 1. The van der Waals surface area contributed by atoms with E-state index >= 15 is 0 Å². The first-order valence-corrected chi connectivity index (χ1v) is 9.64. The summed E-state index contributed by atoms with van der Waals surface area (Å²) in [5, 5.41) is 1.22. The summed E-state index contributed by atoms with van der Waals surface area (Å²) in [5.74, 6) is 1.43. The Hall–Kier alpha value is -2.04. The standard InChI is InChI=1S/C20H17Cl2N3O/c21-14-5-7-17(16(22)10-14)24-8-1-9-25-19-13(11-26)4-6-15(12-2-3-12)18(19)23-20(24)25/h4-7,10-12H,1-3,8-9H2. The van der Waals surface area contributed by atoms with Crippen LogP contribution in [0.1, 0.15) is 41.1 Å². The summed E-state index contributed by atoms with van der Waals surface area (Å²) in [5.41, 5.74) is 4.77. The van der Waals surface area contributed by atoms with Crippen LogP contribution in [0.4, 0.5) is 11.6 Å². The summed E-state index contributed by atoms with van der Waals surface area (Å²) in [4.78, 5) is 18.8. The summed E-state index contributed by atoms with van der Waals surface area (Å²) < 4.78 is 2.17. The average Bonchev–Trinajstić information content (AvgIpc) is 3.40. The van der Waals surface area contributed by atoms with Crippen molar-refractivity contribution < 1.29 is 4.79 Å². The zero-order chi connectivity index (χ0) is 17.8. The molecule has 0 atom stereocenters. The van der Waals surface area contributed by atoms with Crippen molar-refractivity contribution in [2.24, 2.45) is 0 Å². The van der Waals surface area contributed by atoms with E-state index < -0.39 is 0 Å². The van der Waals surface area contributed by atoms with Gasteiger partial charge in [-0.15, -0.1) is 0 Å². The van der Waals surface area contributed by atoms with Crippen LogP contribution < -0.4 is 4.90 Å². The highest BCUT2D eigenvalue weighted by Gasteiger charge is 2.31. The van der Waals surface area contributed by atoms with E-state index in [4.69, 9.17) is 28.2 Å². The molecule has 0 amide bonds. The molecule has 4 nitrogen and oxygen atoms in total. The molecule has 2 heterocycles. The lowest BCUT2D eigenvalue weighted by molar-refractivity contribution is 0.112. The second-order valence-electron chi connectivity index (χ2n) is 7.00. The van der Waals surface area contributed by atoms with Gasteiger partial charge in [0.05, 0.1) is 21.7 Å². The topological polar surface area (TPSA) is 38.1 Å². The minimum atomic E-state index is 0.572. The Morgan fingerprint density at radius 2 is 1.96 bits per heavy atom. The van der Waals surface area contributed by atoms with Crippen molar-refractivity contribution in [2.45, 2.75) is 31.7 Å². The van der Waals surface area contributed by atoms with Gasteiger partial charge in [0, 0.05) is 23.7 Å². The van der Waals surface area contributed by atoms with Crippen molar-refractivity contribution in [1.82, 2.24) is 9.55 Å². The maximum Gasteiger partial charge on any atom is 0.211 e. The molecule has 2 aromatic carbocycles. The van der Waals surface area contributed by atoms with E-state index in [1.54, 1.807) is 6.07 Å². The molecule has 1 aromatic heterocycles. The molecule has 0 unspecified atom stereocenters. The van der Waals surface area contributed by atoms with Crippen LogP contribution in [0, 0.1) is 0 Å². The molecule has 1 aliphatic carbocycles. The maximum atomic E-state index is 11.7. The van der Waals surface area contributed by atoms with Gasteiger partial charge in [-0.05, 0) is 55.0 Å². The molecule has 1 aliphatic heterocycles. The fourth-order valence-electron chi connectivity index (χ4n) is 3.92. The van der Waals surface area contributed by atoms with Crippen molar-refractivity contribution >= 4 is 52.2 Å². The molecule has 0 N–H and O–H groups in total. The minimum absolute atomic E-state index is 0.572. The molecular weight excluding hydrogens is 369 g/mol. The van der Waals surface area contributed by atoms with Crippen molar-refractivity contribution in [1.29, 1.82) is 0 Å². The van der Waals surface area contributed by atoms with Crippen LogP contribution in [0.2, 0.25) is 10.0 Å². The Bertz CT molecular complexity index is 1040. The van der Waals surface area contributed by atoms with Gasteiger partial charge in [0.2, 0.25) is 5.95 Å². The van der Waals surface area contributed by atoms with Gasteiger partial charge in [-0.1, -0.05) is 29.3 Å². The number of imidazole rings is 1. The molecule has 26 heavy (non-hydrogen) atoms. The van der Waals surface area contributed by atoms with Gasteiger partial charge < -0.3 is 9.47 Å². The first-order valence-electron chi connectivity index (χ1n) is 8.88. The molecule has 0 saturated heterocycles. The van der Waals surface area contributed by atoms with Crippen LogP contribution in [0.3, 0.4) is 0 Å². The zero-order valence-electron chi connectivity index (χ0n) is 14.1. The van der Waals surface area contributed by atoms with Crippen molar-refractivity contribution in [2.75, 3.05) is 11.4 Å². The quantitative estimate of drug-likeness (QED) is 0.552. The summed E-state index contributed by atoms with van der Waals surface area (Å²) >= 11 is 12.5. The molecule has 2 aliphatic rings. The van der Waals surface area contributed by atoms with Gasteiger partial charge >= 0.3 is 0 Å². The molecule has 6 heteroatoms. The molecule has 1 fully saturated rings. The summed E-state index contributed by atoms with van der Waals surface area (Å²) in [6.45, 7) is 1.68. The summed E-state index contributed by atoms with van der Waals surface area (Å²) in [7, 11) is 0. The largest absolute Gasteiger partial charge is 0.310 e. The molecule has 0 radical (unpaired) electrons. The van der Waals surface area contributed by atoms with Crippen LogP contribution in [-0.2, 0) is 6.54 Å². The highest BCUT2D eigenvalue weighted by atomic mass is 35.5. The van der Waals surface area contributed by atoms with Crippen LogP contribution in [0.25, 0.3) is 11.0 Å². The van der Waals surface area contributed by atoms with Gasteiger partial charge in [0.25, 0.3) is 0 Å². The highest BCUT2D eigenvalue weighted by molar-refractivity contribution is 6.36. The number of benzene rings is 2. The monoisotopic (exact) mass is 385 g/mol. The Morgan fingerprint density at radius 1 is 1.12 bits per heavy atom. The molecule has 1 saturated carbocycles. The number of carbonyl (C=O) groups is 1. The van der Waals surface area contributed by atoms with Gasteiger partial charge in [-0.2, -0.15) is 0 Å². The molecule has 132 valence electrons. The molecule has 3 aromatic rings. The lowest BCUT2D eigenvalue weighted by Gasteiger charge is -2.30. The minimum Gasteiger partial charge on any atom is -0.310 e. The van der Waals surface area contributed by atoms with E-state index in [9.17, 15) is 4.79 Å². The molecule has 5 rings (SSSR count). The third kappa shape index (κ3) is 2.43. The van der Waals surface area contributed by atoms with E-state index in [0.717, 1.165) is 48.5 Å². The lowest BCUT2D eigenvalue weighted by atomic mass is 10.1. The van der Waals surface area contributed by atoms with Crippen LogP contribution in [0.15, 0.2) is 30.3 Å². The van der Waals surface area contributed by atoms with E-state index in [2.05, 4.69) is 15.5 Å². The number of rotatable bonds is 3. The van der Waals surface area contributed by atoms with E-state index in [0.29, 0.717) is 21.5 Å². The number of carbonyl (C=O) groups excluding carboxylic acids is 1. The van der Waals surface area contributed by atoms with Crippen LogP contribution in [-0.4, -0.2) is 22.4 Å². The number of aldehydes is 1. The average molecular weight is 386 g/mol. The molecule has 0 spiro atoms. The Morgan fingerprint density at radius 3 is 2.69 bits per heavy atom. The number of nitrogens with zero attached hydrogens (tertiary/aromatic N) is 3. The number of halogens is 2. The van der Waals surface area contributed by atoms with Gasteiger partial charge in [-0.25, -0.2) is 4.98 Å². The fraction of sp³-hybridized carbons (Fsp3) is 0.300. The van der Waals surface area contributed by atoms with E-state index in [-0.39, 0.29) is 0 Å². The molecule has 0 bridgehead atoms. The van der Waals surface area contributed by atoms with E-state index in [1.807, 2.05) is 18.2 Å². The number of hydrogen-bond acceptors (Lipinski definition) is 3. The smallest absolute Gasteiger partial charge is 0.211 e. The van der Waals surface area contributed by atoms with Crippen molar-refractivity contribution in [3.8, 4) is 0 Å². The lowest BCUT2D eigenvalue weighted by Crippen LogP contribution is -2.28. The molecular formula is C20H17Cl2N3O. The van der Waals surface area contributed by atoms with Crippen molar-refractivity contribution in [3.63, 3.8) is 0 Å². The van der Waals surface area contributed by atoms with Crippen molar-refractivity contribution in [3.05, 3.63) is 51.5 Å².